The van der Waals surface area contributed by atoms with E-state index in [9.17, 15) is 9.90 Å². The molecule has 0 radical (unpaired) electrons. The third-order valence-electron chi connectivity index (χ3n) is 3.88. The summed E-state index contributed by atoms with van der Waals surface area (Å²) in [6, 6.07) is 7.44. The van der Waals surface area contributed by atoms with Crippen molar-refractivity contribution in [3.63, 3.8) is 0 Å². The minimum atomic E-state index is -0.363. The number of nitrogens with one attached hydrogen (secondary N) is 1. The van der Waals surface area contributed by atoms with Crippen LogP contribution in [-0.2, 0) is 0 Å². The highest BCUT2D eigenvalue weighted by molar-refractivity contribution is 5.89. The van der Waals surface area contributed by atoms with Crippen molar-refractivity contribution in [1.82, 2.24) is 4.90 Å². The molecule has 4 N–H and O–H groups in total. The number of carbonyl (C=O) groups is 1. The van der Waals surface area contributed by atoms with Gasteiger partial charge in [0.25, 0.3) is 0 Å². The van der Waals surface area contributed by atoms with Crippen LogP contribution in [0.15, 0.2) is 24.3 Å². The molecule has 1 aromatic carbocycles. The molecule has 3 atom stereocenters. The van der Waals surface area contributed by atoms with Crippen molar-refractivity contribution in [2.24, 2.45) is 11.7 Å². The number of benzene rings is 1. The first-order valence-corrected chi connectivity index (χ1v) is 7.07. The monoisotopic (exact) mass is 277 g/mol. The molecule has 0 aliphatic carbocycles. The predicted molar refractivity (Wildman–Crippen MR) is 79.4 cm³/mol. The number of urea groups is 1. The normalized spacial score (nSPS) is 21.6. The molecule has 0 spiro atoms. The molecule has 2 amide bonds. The zero-order chi connectivity index (χ0) is 14.7. The van der Waals surface area contributed by atoms with Crippen molar-refractivity contribution in [3.05, 3.63) is 29.8 Å². The number of anilines is 1. The maximum atomic E-state index is 12.1. The Labute approximate surface area is 119 Å². The van der Waals surface area contributed by atoms with Crippen molar-refractivity contribution in [3.8, 4) is 0 Å². The largest absolute Gasteiger partial charge is 0.393 e. The Hall–Kier alpha value is -1.59. The zero-order valence-electron chi connectivity index (χ0n) is 12.0. The molecule has 5 heteroatoms. The van der Waals surface area contributed by atoms with Crippen molar-refractivity contribution >= 4 is 11.7 Å². The fraction of sp³-hybridized carbons (Fsp3) is 0.533. The molecule has 5 nitrogen and oxygen atoms in total. The lowest BCUT2D eigenvalue weighted by Crippen LogP contribution is -2.34. The van der Waals surface area contributed by atoms with Gasteiger partial charge < -0.3 is 21.1 Å². The van der Waals surface area contributed by atoms with Gasteiger partial charge in [-0.15, -0.1) is 0 Å². The number of carbonyl (C=O) groups excluding carboxylic acids is 1. The number of nitrogens with two attached hydrogens (primary N) is 1. The lowest BCUT2D eigenvalue weighted by atomic mass is 10.0. The molecule has 1 fully saturated rings. The summed E-state index contributed by atoms with van der Waals surface area (Å²) >= 11 is 0. The third kappa shape index (κ3) is 3.49. The van der Waals surface area contributed by atoms with Crippen LogP contribution in [0.3, 0.4) is 0 Å². The van der Waals surface area contributed by atoms with Gasteiger partial charge in [0.2, 0.25) is 0 Å². The van der Waals surface area contributed by atoms with Crippen molar-refractivity contribution < 1.29 is 9.90 Å². The van der Waals surface area contributed by atoms with Crippen LogP contribution in [0.4, 0.5) is 10.5 Å². The summed E-state index contributed by atoms with van der Waals surface area (Å²) in [6.07, 6.45) is 0.493. The van der Waals surface area contributed by atoms with Crippen LogP contribution >= 0.6 is 0 Å². The lowest BCUT2D eigenvalue weighted by Gasteiger charge is -2.18. The quantitative estimate of drug-likeness (QED) is 0.790. The summed E-state index contributed by atoms with van der Waals surface area (Å²) in [5, 5.41) is 12.4. The lowest BCUT2D eigenvalue weighted by molar-refractivity contribution is 0.130. The average Bonchev–Trinajstić information content (AvgIpc) is 2.89. The minimum absolute atomic E-state index is 0.00914. The molecule has 110 valence electrons. The predicted octanol–water partition coefficient (Wildman–Crippen LogP) is 1.94. The molecule has 0 saturated carbocycles. The van der Waals surface area contributed by atoms with Crippen LogP contribution in [-0.4, -0.2) is 35.2 Å². The number of amides is 2. The smallest absolute Gasteiger partial charge is 0.321 e. The molecule has 2 rings (SSSR count). The number of hydrogen-bond acceptors (Lipinski definition) is 3. The van der Waals surface area contributed by atoms with Gasteiger partial charge in [0.15, 0.2) is 0 Å². The summed E-state index contributed by atoms with van der Waals surface area (Å²) in [5.41, 5.74) is 7.59. The SMILES string of the molecule is CC(N)c1ccc(NC(=O)N2CCC(C(C)O)C2)cc1. The van der Waals surface area contributed by atoms with Gasteiger partial charge in [-0.05, 0) is 38.0 Å². The van der Waals surface area contributed by atoms with E-state index in [4.69, 9.17) is 5.73 Å². The van der Waals surface area contributed by atoms with Crippen molar-refractivity contribution in [2.75, 3.05) is 18.4 Å². The van der Waals surface area contributed by atoms with Crippen molar-refractivity contribution in [1.29, 1.82) is 0 Å². The van der Waals surface area contributed by atoms with Crippen LogP contribution < -0.4 is 11.1 Å². The highest BCUT2D eigenvalue weighted by Crippen LogP contribution is 2.21. The summed E-state index contributed by atoms with van der Waals surface area (Å²) in [6.45, 7) is 5.01. The molecule has 1 aliphatic rings. The Morgan fingerprint density at radius 2 is 2.05 bits per heavy atom. The number of likely N-dealkylation sites (tertiary alicyclic amines) is 1. The van der Waals surface area contributed by atoms with E-state index in [2.05, 4.69) is 5.32 Å². The first-order chi connectivity index (χ1) is 9.47. The van der Waals surface area contributed by atoms with Gasteiger partial charge in [-0.1, -0.05) is 12.1 Å². The fourth-order valence-corrected chi connectivity index (χ4v) is 2.44. The highest BCUT2D eigenvalue weighted by atomic mass is 16.3. The Kier molecular flexibility index (Phi) is 4.62. The number of aliphatic hydroxyl groups is 1. The van der Waals surface area contributed by atoms with E-state index < -0.39 is 0 Å². The highest BCUT2D eigenvalue weighted by Gasteiger charge is 2.28. The Balaban J connectivity index is 1.92. The number of hydrogen-bond donors (Lipinski definition) is 3. The minimum Gasteiger partial charge on any atom is -0.393 e. The topological polar surface area (TPSA) is 78.6 Å². The van der Waals surface area contributed by atoms with Gasteiger partial charge in [-0.3, -0.25) is 0 Å². The zero-order valence-corrected chi connectivity index (χ0v) is 12.0. The summed E-state index contributed by atoms with van der Waals surface area (Å²) < 4.78 is 0. The van der Waals surface area contributed by atoms with Gasteiger partial charge in [0.1, 0.15) is 0 Å². The second-order valence-electron chi connectivity index (χ2n) is 5.58. The fourth-order valence-electron chi connectivity index (χ4n) is 2.44. The van der Waals surface area contributed by atoms with Gasteiger partial charge in [0.05, 0.1) is 6.10 Å². The van der Waals surface area contributed by atoms with Gasteiger partial charge in [-0.25, -0.2) is 4.79 Å². The average molecular weight is 277 g/mol. The maximum Gasteiger partial charge on any atom is 0.321 e. The van der Waals surface area contributed by atoms with Gasteiger partial charge in [-0.2, -0.15) is 0 Å². The van der Waals surface area contributed by atoms with Gasteiger partial charge >= 0.3 is 6.03 Å². The van der Waals surface area contributed by atoms with Crippen molar-refractivity contribution in [2.45, 2.75) is 32.4 Å². The van der Waals surface area contributed by atoms with Crippen LogP contribution in [0, 0.1) is 5.92 Å². The van der Waals surface area contributed by atoms with Crippen LogP contribution in [0.1, 0.15) is 31.9 Å². The maximum absolute atomic E-state index is 12.1. The molecule has 3 unspecified atom stereocenters. The number of aliphatic hydroxyl groups excluding tert-OH is 1. The van der Waals surface area contributed by atoms with E-state index in [-0.39, 0.29) is 24.1 Å². The van der Waals surface area contributed by atoms with E-state index >= 15 is 0 Å². The van der Waals surface area contributed by atoms with E-state index in [0.717, 1.165) is 17.7 Å². The third-order valence-corrected chi connectivity index (χ3v) is 3.88. The van der Waals surface area contributed by atoms with E-state index in [0.29, 0.717) is 13.1 Å². The van der Waals surface area contributed by atoms with E-state index in [1.54, 1.807) is 11.8 Å². The van der Waals surface area contributed by atoms with Crippen LogP contribution in [0.25, 0.3) is 0 Å². The summed E-state index contributed by atoms with van der Waals surface area (Å²) in [5.74, 6) is 0.182. The second kappa shape index (κ2) is 6.24. The standard InChI is InChI=1S/C15H23N3O2/c1-10(16)12-3-5-14(6-4-12)17-15(20)18-8-7-13(9-18)11(2)19/h3-6,10-11,13,19H,7-9,16H2,1-2H3,(H,17,20). The molecular weight excluding hydrogens is 254 g/mol. The van der Waals surface area contributed by atoms with E-state index in [1.165, 1.54) is 0 Å². The number of nitrogens with zero attached hydrogens (tertiary/aromatic N) is 1. The molecule has 1 heterocycles. The first kappa shape index (κ1) is 14.8. The molecule has 1 saturated heterocycles. The molecule has 0 bridgehead atoms. The Morgan fingerprint density at radius 1 is 1.40 bits per heavy atom. The molecule has 0 aromatic heterocycles. The summed E-state index contributed by atoms with van der Waals surface area (Å²) in [4.78, 5) is 13.9. The molecular formula is C15H23N3O2. The molecule has 1 aliphatic heterocycles. The van der Waals surface area contributed by atoms with E-state index in [1.807, 2.05) is 31.2 Å². The number of rotatable bonds is 3. The molecule has 20 heavy (non-hydrogen) atoms. The Bertz CT molecular complexity index is 457. The Morgan fingerprint density at radius 3 is 2.55 bits per heavy atom. The first-order valence-electron chi connectivity index (χ1n) is 7.07. The summed E-state index contributed by atoms with van der Waals surface area (Å²) in [7, 11) is 0. The van der Waals surface area contributed by atoms with Crippen LogP contribution in [0.5, 0.6) is 0 Å². The molecule has 1 aromatic rings. The van der Waals surface area contributed by atoms with Crippen LogP contribution in [0.2, 0.25) is 0 Å². The second-order valence-corrected chi connectivity index (χ2v) is 5.58. The van der Waals surface area contributed by atoms with Gasteiger partial charge in [0, 0.05) is 30.7 Å².